The van der Waals surface area contributed by atoms with E-state index in [0.29, 0.717) is 24.1 Å². The van der Waals surface area contributed by atoms with Gasteiger partial charge in [-0.3, -0.25) is 0 Å². The smallest absolute Gasteiger partial charge is 0.169 e. The van der Waals surface area contributed by atoms with Gasteiger partial charge < -0.3 is 10.2 Å². The molecule has 2 fully saturated rings. The van der Waals surface area contributed by atoms with Gasteiger partial charge in [0.05, 0.1) is 11.5 Å². The van der Waals surface area contributed by atoms with Crippen LogP contribution in [0.4, 0.5) is 0 Å². The zero-order chi connectivity index (χ0) is 14.9. The minimum absolute atomic E-state index is 0.00560. The van der Waals surface area contributed by atoms with Crippen molar-refractivity contribution >= 4 is 27.2 Å². The maximum atomic E-state index is 11.8. The summed E-state index contributed by atoms with van der Waals surface area (Å²) in [5.74, 6) is 0.487. The lowest BCUT2D eigenvalue weighted by Gasteiger charge is -2.31. The highest BCUT2D eigenvalue weighted by molar-refractivity contribution is 7.91. The van der Waals surface area contributed by atoms with Crippen molar-refractivity contribution in [2.45, 2.75) is 37.9 Å². The average Bonchev–Trinajstić information content (AvgIpc) is 3.19. The summed E-state index contributed by atoms with van der Waals surface area (Å²) in [4.78, 5) is 2.06. The highest BCUT2D eigenvalue weighted by atomic mass is 32.2. The quantitative estimate of drug-likeness (QED) is 0.855. The predicted molar refractivity (Wildman–Crippen MR) is 87.8 cm³/mol. The molecule has 0 amide bonds. The molecule has 2 aliphatic rings. The number of nitrogens with zero attached hydrogens (tertiary/aromatic N) is 1. The minimum Gasteiger partial charge on any atom is -0.360 e. The molecule has 1 aromatic rings. The molecule has 0 spiro atoms. The Morgan fingerprint density at radius 3 is 2.52 bits per heavy atom. The van der Waals surface area contributed by atoms with Crippen LogP contribution >= 0.6 is 12.2 Å². The molecule has 1 aliphatic heterocycles. The molecule has 1 aromatic carbocycles. The molecule has 1 saturated carbocycles. The minimum atomic E-state index is -2.91. The van der Waals surface area contributed by atoms with Crippen LogP contribution in [0.2, 0.25) is 0 Å². The molecule has 1 N–H and O–H groups in total. The number of sulfone groups is 1. The topological polar surface area (TPSA) is 49.4 Å². The molecule has 0 radical (unpaired) electrons. The van der Waals surface area contributed by atoms with Crippen LogP contribution in [0.25, 0.3) is 0 Å². The molecular formula is C15H20N2O2S2. The van der Waals surface area contributed by atoms with Gasteiger partial charge in [0.2, 0.25) is 0 Å². The fraction of sp³-hybridized carbons (Fsp3) is 0.533. The van der Waals surface area contributed by atoms with E-state index in [0.717, 1.165) is 18.4 Å². The van der Waals surface area contributed by atoms with Gasteiger partial charge in [0.15, 0.2) is 14.9 Å². The van der Waals surface area contributed by atoms with Gasteiger partial charge in [-0.1, -0.05) is 30.3 Å². The molecule has 114 valence electrons. The van der Waals surface area contributed by atoms with Crippen LogP contribution < -0.4 is 5.32 Å². The largest absolute Gasteiger partial charge is 0.360 e. The van der Waals surface area contributed by atoms with E-state index in [-0.39, 0.29) is 17.5 Å². The molecule has 0 aromatic heterocycles. The van der Waals surface area contributed by atoms with E-state index < -0.39 is 9.84 Å². The van der Waals surface area contributed by atoms with Crippen molar-refractivity contribution in [3.8, 4) is 0 Å². The van der Waals surface area contributed by atoms with Gasteiger partial charge in [0, 0.05) is 18.6 Å². The van der Waals surface area contributed by atoms with Crippen molar-refractivity contribution in [3.05, 3.63) is 35.9 Å². The molecule has 1 atom stereocenters. The van der Waals surface area contributed by atoms with Crippen LogP contribution in [0.15, 0.2) is 30.3 Å². The summed E-state index contributed by atoms with van der Waals surface area (Å²) >= 11 is 5.52. The molecule has 6 heteroatoms. The Kier molecular flexibility index (Phi) is 4.17. The average molecular weight is 324 g/mol. The molecule has 1 heterocycles. The summed E-state index contributed by atoms with van der Waals surface area (Å²) in [7, 11) is -2.91. The van der Waals surface area contributed by atoms with Crippen molar-refractivity contribution in [3.63, 3.8) is 0 Å². The van der Waals surface area contributed by atoms with Crippen molar-refractivity contribution in [1.29, 1.82) is 0 Å². The molecular weight excluding hydrogens is 304 g/mol. The third-order valence-corrected chi connectivity index (χ3v) is 6.11. The first-order valence-corrected chi connectivity index (χ1v) is 9.58. The summed E-state index contributed by atoms with van der Waals surface area (Å²) in [5.41, 5.74) is 1.15. The van der Waals surface area contributed by atoms with Gasteiger partial charge in [-0.05, 0) is 37.0 Å². The van der Waals surface area contributed by atoms with Crippen LogP contribution in [0.3, 0.4) is 0 Å². The Morgan fingerprint density at radius 1 is 1.24 bits per heavy atom. The first-order valence-electron chi connectivity index (χ1n) is 7.35. The predicted octanol–water partition coefficient (Wildman–Crippen LogP) is 1.71. The molecule has 4 nitrogen and oxygen atoms in total. The van der Waals surface area contributed by atoms with Gasteiger partial charge >= 0.3 is 0 Å². The molecule has 0 unspecified atom stereocenters. The normalized spacial score (nSPS) is 23.7. The van der Waals surface area contributed by atoms with Crippen LogP contribution in [-0.2, 0) is 16.4 Å². The summed E-state index contributed by atoms with van der Waals surface area (Å²) in [6.45, 7) is 0.666. The first kappa shape index (κ1) is 14.8. The second kappa shape index (κ2) is 5.93. The SMILES string of the molecule is O=S1(=O)CC[C@@H](N(Cc2ccccc2)C(=S)NC2CC2)C1. The van der Waals surface area contributed by atoms with Crippen molar-refractivity contribution < 1.29 is 8.42 Å². The second-order valence-corrected chi connectivity index (χ2v) is 8.51. The van der Waals surface area contributed by atoms with E-state index in [9.17, 15) is 8.42 Å². The lowest BCUT2D eigenvalue weighted by atomic mass is 10.1. The molecule has 21 heavy (non-hydrogen) atoms. The maximum Gasteiger partial charge on any atom is 0.169 e. The van der Waals surface area contributed by atoms with Gasteiger partial charge in [0.1, 0.15) is 0 Å². The van der Waals surface area contributed by atoms with Gasteiger partial charge in [-0.2, -0.15) is 0 Å². The standard InChI is InChI=1S/C15H20N2O2S2/c18-21(19)9-8-14(11-21)17(15(20)16-13-6-7-13)10-12-4-2-1-3-5-12/h1-5,13-14H,6-11H2,(H,16,20)/t14-/m1/s1. The van der Waals surface area contributed by atoms with Crippen LogP contribution in [0, 0.1) is 0 Å². The zero-order valence-corrected chi connectivity index (χ0v) is 13.5. The Bertz CT molecular complexity index is 612. The number of nitrogens with one attached hydrogen (secondary N) is 1. The number of hydrogen-bond acceptors (Lipinski definition) is 3. The van der Waals surface area contributed by atoms with Crippen molar-refractivity contribution in [2.75, 3.05) is 11.5 Å². The number of hydrogen-bond donors (Lipinski definition) is 1. The monoisotopic (exact) mass is 324 g/mol. The van der Waals surface area contributed by atoms with Gasteiger partial charge in [-0.25, -0.2) is 8.42 Å². The van der Waals surface area contributed by atoms with E-state index in [1.807, 2.05) is 18.2 Å². The number of thiocarbonyl (C=S) groups is 1. The summed E-state index contributed by atoms with van der Waals surface area (Å²) in [6.07, 6.45) is 2.98. The van der Waals surface area contributed by atoms with Crippen LogP contribution in [0.5, 0.6) is 0 Å². The second-order valence-electron chi connectivity index (χ2n) is 5.89. The maximum absolute atomic E-state index is 11.8. The van der Waals surface area contributed by atoms with Crippen molar-refractivity contribution in [1.82, 2.24) is 10.2 Å². The summed E-state index contributed by atoms with van der Waals surface area (Å²) in [6, 6.07) is 10.6. The van der Waals surface area contributed by atoms with E-state index in [1.165, 1.54) is 0 Å². The molecule has 0 bridgehead atoms. The lowest BCUT2D eigenvalue weighted by Crippen LogP contribution is -2.46. The highest BCUT2D eigenvalue weighted by Crippen LogP contribution is 2.23. The molecule has 3 rings (SSSR count). The third-order valence-electron chi connectivity index (χ3n) is 4.01. The van der Waals surface area contributed by atoms with Crippen LogP contribution in [-0.4, -0.2) is 42.0 Å². The van der Waals surface area contributed by atoms with E-state index in [4.69, 9.17) is 12.2 Å². The Morgan fingerprint density at radius 2 is 1.95 bits per heavy atom. The Balaban J connectivity index is 1.75. The summed E-state index contributed by atoms with van der Waals surface area (Å²) < 4.78 is 23.5. The fourth-order valence-electron chi connectivity index (χ4n) is 2.65. The van der Waals surface area contributed by atoms with E-state index in [1.54, 1.807) is 0 Å². The van der Waals surface area contributed by atoms with E-state index >= 15 is 0 Å². The number of rotatable bonds is 4. The summed E-state index contributed by atoms with van der Waals surface area (Å²) in [5, 5.41) is 4.04. The Labute approximate surface area is 131 Å². The van der Waals surface area contributed by atoms with Gasteiger partial charge in [0.25, 0.3) is 0 Å². The van der Waals surface area contributed by atoms with Gasteiger partial charge in [-0.15, -0.1) is 0 Å². The zero-order valence-electron chi connectivity index (χ0n) is 11.9. The van der Waals surface area contributed by atoms with Crippen LogP contribution in [0.1, 0.15) is 24.8 Å². The lowest BCUT2D eigenvalue weighted by molar-refractivity contribution is 0.322. The fourth-order valence-corrected chi connectivity index (χ4v) is 4.76. The molecule has 1 saturated heterocycles. The molecule has 1 aliphatic carbocycles. The van der Waals surface area contributed by atoms with Crippen molar-refractivity contribution in [2.24, 2.45) is 0 Å². The number of benzene rings is 1. The first-order chi connectivity index (χ1) is 10.0. The van der Waals surface area contributed by atoms with E-state index in [2.05, 4.69) is 22.3 Å². The Hall–Kier alpha value is -1.14. The third kappa shape index (κ3) is 3.95. The highest BCUT2D eigenvalue weighted by Gasteiger charge is 2.34.